The predicted octanol–water partition coefficient (Wildman–Crippen LogP) is 6.11. The molecule has 0 aromatic heterocycles. The van der Waals surface area contributed by atoms with Gasteiger partial charge < -0.3 is 15.0 Å². The van der Waals surface area contributed by atoms with Gasteiger partial charge in [0, 0.05) is 21.5 Å². The molecule has 2 aromatic rings. The lowest BCUT2D eigenvalue weighted by Crippen LogP contribution is -2.51. The number of nitrogens with zero attached hydrogens (tertiary/aromatic N) is 1. The lowest BCUT2D eigenvalue weighted by Gasteiger charge is -2.31. The molecule has 1 saturated carbocycles. The molecule has 8 heteroatoms. The molecule has 1 N–H and O–H groups in total. The molecular formula is C24H27Br2ClN2O3. The van der Waals surface area contributed by atoms with Gasteiger partial charge in [-0.25, -0.2) is 0 Å². The molecule has 5 nitrogen and oxygen atoms in total. The van der Waals surface area contributed by atoms with Gasteiger partial charge in [0.05, 0.1) is 5.02 Å². The Kier molecular flexibility index (Phi) is 9.44. The lowest BCUT2D eigenvalue weighted by molar-refractivity contribution is -0.142. The fourth-order valence-corrected chi connectivity index (χ4v) is 4.74. The van der Waals surface area contributed by atoms with Gasteiger partial charge in [-0.1, -0.05) is 74.9 Å². The minimum atomic E-state index is -0.628. The molecule has 0 heterocycles. The van der Waals surface area contributed by atoms with Crippen molar-refractivity contribution in [1.29, 1.82) is 0 Å². The van der Waals surface area contributed by atoms with Crippen LogP contribution in [0.3, 0.4) is 0 Å². The van der Waals surface area contributed by atoms with Crippen LogP contribution in [0.15, 0.2) is 51.4 Å². The molecule has 1 aliphatic rings. The number of hydrogen-bond donors (Lipinski definition) is 1. The Morgan fingerprint density at radius 3 is 2.41 bits per heavy atom. The smallest absolute Gasteiger partial charge is 0.261 e. The van der Waals surface area contributed by atoms with Gasteiger partial charge in [0.25, 0.3) is 5.91 Å². The Morgan fingerprint density at radius 2 is 1.75 bits per heavy atom. The average Bonchev–Trinajstić information content (AvgIpc) is 2.78. The van der Waals surface area contributed by atoms with Gasteiger partial charge >= 0.3 is 0 Å². The molecule has 2 amide bonds. The average molecular weight is 587 g/mol. The molecule has 3 rings (SSSR count). The molecule has 32 heavy (non-hydrogen) atoms. The Balaban J connectivity index is 1.71. The summed E-state index contributed by atoms with van der Waals surface area (Å²) in [6.07, 6.45) is 5.45. The number of halogens is 3. The highest BCUT2D eigenvalue weighted by Crippen LogP contribution is 2.28. The molecular weight excluding hydrogens is 560 g/mol. The summed E-state index contributed by atoms with van der Waals surface area (Å²) in [7, 11) is 0. The Morgan fingerprint density at radius 1 is 1.09 bits per heavy atom. The fourth-order valence-electron chi connectivity index (χ4n) is 3.75. The first-order valence-electron chi connectivity index (χ1n) is 10.8. The molecule has 0 bridgehead atoms. The summed E-state index contributed by atoms with van der Waals surface area (Å²) in [4.78, 5) is 27.7. The molecule has 0 saturated heterocycles. The van der Waals surface area contributed by atoms with Crippen molar-refractivity contribution >= 4 is 55.3 Å². The van der Waals surface area contributed by atoms with E-state index in [1.807, 2.05) is 24.3 Å². The summed E-state index contributed by atoms with van der Waals surface area (Å²) in [6, 6.07) is 12.5. The number of carbonyl (C=O) groups is 2. The van der Waals surface area contributed by atoms with Crippen LogP contribution >= 0.6 is 43.5 Å². The second kappa shape index (κ2) is 12.1. The molecule has 2 aromatic carbocycles. The van der Waals surface area contributed by atoms with Crippen molar-refractivity contribution in [3.05, 3.63) is 62.0 Å². The quantitative estimate of drug-likeness (QED) is 0.406. The van der Waals surface area contributed by atoms with Gasteiger partial charge in [-0.05, 0) is 55.7 Å². The third-order valence-corrected chi connectivity index (χ3v) is 6.95. The van der Waals surface area contributed by atoms with Crippen LogP contribution in [0, 0.1) is 0 Å². The van der Waals surface area contributed by atoms with Crippen LogP contribution in [-0.2, 0) is 16.1 Å². The Hall–Kier alpha value is -1.57. The third kappa shape index (κ3) is 7.22. The van der Waals surface area contributed by atoms with E-state index >= 15 is 0 Å². The maximum absolute atomic E-state index is 13.2. The molecule has 0 aliphatic heterocycles. The molecule has 1 aliphatic carbocycles. The fraction of sp³-hybridized carbons (Fsp3) is 0.417. The minimum absolute atomic E-state index is 0.135. The van der Waals surface area contributed by atoms with Crippen LogP contribution in [0.2, 0.25) is 5.02 Å². The zero-order valence-corrected chi connectivity index (χ0v) is 21.9. The minimum Gasteiger partial charge on any atom is -0.482 e. The summed E-state index contributed by atoms with van der Waals surface area (Å²) < 4.78 is 7.47. The topological polar surface area (TPSA) is 58.6 Å². The molecule has 1 atom stereocenters. The Bertz CT molecular complexity index is 933. The number of amides is 2. The van der Waals surface area contributed by atoms with E-state index in [2.05, 4.69) is 37.2 Å². The van der Waals surface area contributed by atoms with E-state index in [1.54, 1.807) is 30.0 Å². The summed E-state index contributed by atoms with van der Waals surface area (Å²) in [5.74, 6) is 0.00773. The summed E-state index contributed by atoms with van der Waals surface area (Å²) in [6.45, 7) is 1.86. The van der Waals surface area contributed by atoms with E-state index in [0.29, 0.717) is 17.3 Å². The normalized spacial score (nSPS) is 15.1. The second-order valence-electron chi connectivity index (χ2n) is 8.03. The molecule has 0 radical (unpaired) electrons. The van der Waals surface area contributed by atoms with Crippen LogP contribution in [0.25, 0.3) is 0 Å². The van der Waals surface area contributed by atoms with Crippen LogP contribution < -0.4 is 10.1 Å². The predicted molar refractivity (Wildman–Crippen MR) is 134 cm³/mol. The number of carbonyl (C=O) groups excluding carboxylic acids is 2. The van der Waals surface area contributed by atoms with Crippen molar-refractivity contribution in [1.82, 2.24) is 10.2 Å². The maximum Gasteiger partial charge on any atom is 0.261 e. The zero-order chi connectivity index (χ0) is 23.1. The van der Waals surface area contributed by atoms with Crippen LogP contribution in [0.5, 0.6) is 5.75 Å². The van der Waals surface area contributed by atoms with E-state index < -0.39 is 6.04 Å². The molecule has 1 fully saturated rings. The number of rotatable bonds is 8. The van der Waals surface area contributed by atoms with E-state index in [0.717, 1.165) is 40.2 Å². The van der Waals surface area contributed by atoms with Crippen molar-refractivity contribution in [2.45, 2.75) is 57.7 Å². The van der Waals surface area contributed by atoms with Gasteiger partial charge in [0.1, 0.15) is 11.8 Å². The number of hydrogen-bond acceptors (Lipinski definition) is 3. The van der Waals surface area contributed by atoms with Crippen LogP contribution in [-0.4, -0.2) is 35.4 Å². The monoisotopic (exact) mass is 584 g/mol. The number of nitrogens with one attached hydrogen (secondary N) is 1. The van der Waals surface area contributed by atoms with Crippen LogP contribution in [0.1, 0.15) is 44.6 Å². The molecule has 0 unspecified atom stereocenters. The first-order chi connectivity index (χ1) is 15.3. The van der Waals surface area contributed by atoms with Gasteiger partial charge in [-0.3, -0.25) is 9.59 Å². The first-order valence-corrected chi connectivity index (χ1v) is 12.7. The van der Waals surface area contributed by atoms with Gasteiger partial charge in [0.15, 0.2) is 6.61 Å². The standard InChI is InChI=1S/C24H27Br2ClN2O3/c1-16(24(31)28-20-5-3-2-4-6-20)29(14-17-7-9-18(25)10-8-17)23(30)15-32-22-12-11-19(26)13-21(22)27/h7-13,16,20H,2-6,14-15H2,1H3,(H,28,31)/t16-/m0/s1. The van der Waals surface area contributed by atoms with Gasteiger partial charge in [-0.2, -0.15) is 0 Å². The summed E-state index contributed by atoms with van der Waals surface area (Å²) >= 11 is 13.0. The maximum atomic E-state index is 13.2. The van der Waals surface area contributed by atoms with Crippen molar-refractivity contribution < 1.29 is 14.3 Å². The Labute approximate surface area is 211 Å². The molecule has 172 valence electrons. The largest absolute Gasteiger partial charge is 0.482 e. The lowest BCUT2D eigenvalue weighted by atomic mass is 9.95. The van der Waals surface area contributed by atoms with Crippen molar-refractivity contribution in [2.75, 3.05) is 6.61 Å². The van der Waals surface area contributed by atoms with Crippen molar-refractivity contribution in [3.8, 4) is 5.75 Å². The van der Waals surface area contributed by atoms with E-state index in [-0.39, 0.29) is 24.5 Å². The van der Waals surface area contributed by atoms with Gasteiger partial charge in [-0.15, -0.1) is 0 Å². The zero-order valence-electron chi connectivity index (χ0n) is 18.0. The summed E-state index contributed by atoms with van der Waals surface area (Å²) in [5, 5.41) is 3.54. The SMILES string of the molecule is C[C@@H](C(=O)NC1CCCCC1)N(Cc1ccc(Br)cc1)C(=O)COc1ccc(Br)cc1Cl. The van der Waals surface area contributed by atoms with Crippen molar-refractivity contribution in [3.63, 3.8) is 0 Å². The summed E-state index contributed by atoms with van der Waals surface area (Å²) in [5.41, 5.74) is 0.931. The third-order valence-electron chi connectivity index (χ3n) is 5.63. The van der Waals surface area contributed by atoms with E-state index in [9.17, 15) is 9.59 Å². The highest BCUT2D eigenvalue weighted by atomic mass is 79.9. The second-order valence-corrected chi connectivity index (χ2v) is 10.3. The van der Waals surface area contributed by atoms with Crippen LogP contribution in [0.4, 0.5) is 0 Å². The number of benzene rings is 2. The van der Waals surface area contributed by atoms with Gasteiger partial charge in [0.2, 0.25) is 5.91 Å². The number of ether oxygens (including phenoxy) is 1. The van der Waals surface area contributed by atoms with E-state index in [4.69, 9.17) is 16.3 Å². The van der Waals surface area contributed by atoms with Crippen molar-refractivity contribution in [2.24, 2.45) is 0 Å². The highest BCUT2D eigenvalue weighted by Gasteiger charge is 2.28. The molecule has 0 spiro atoms. The highest BCUT2D eigenvalue weighted by molar-refractivity contribution is 9.10. The van der Waals surface area contributed by atoms with E-state index in [1.165, 1.54) is 6.42 Å². The first kappa shape index (κ1) is 25.1.